The number of thiazole rings is 2. The van der Waals surface area contributed by atoms with Crippen molar-refractivity contribution in [3.05, 3.63) is 217 Å². The van der Waals surface area contributed by atoms with E-state index in [0.29, 0.717) is 0 Å². The molecule has 12 aromatic rings. The van der Waals surface area contributed by atoms with Crippen molar-refractivity contribution in [2.75, 3.05) is 9.80 Å². The summed E-state index contributed by atoms with van der Waals surface area (Å²) < 4.78 is 0. The van der Waals surface area contributed by atoms with E-state index in [2.05, 4.69) is 230 Å². The molecular weight excluding hydrogens is 1210 g/mol. The van der Waals surface area contributed by atoms with Gasteiger partial charge in [0.25, 0.3) is 0 Å². The van der Waals surface area contributed by atoms with Crippen molar-refractivity contribution in [2.24, 2.45) is 0 Å². The summed E-state index contributed by atoms with van der Waals surface area (Å²) in [5.74, 6) is 0. The van der Waals surface area contributed by atoms with Crippen LogP contribution in [0.4, 0.5) is 34.1 Å². The second-order valence-electron chi connectivity index (χ2n) is 23.9. The number of anilines is 6. The first-order chi connectivity index (χ1) is 44.6. The number of aromatic nitrogens is 2. The van der Waals surface area contributed by atoms with Crippen LogP contribution >= 0.6 is 68.0 Å². The number of rotatable bonds is 34. The van der Waals surface area contributed by atoms with Crippen LogP contribution in [0.1, 0.15) is 153 Å². The van der Waals surface area contributed by atoms with Crippen molar-refractivity contribution >= 4 is 112 Å². The zero-order valence-electron chi connectivity index (χ0n) is 52.4. The maximum Gasteiger partial charge on any atom is 0.155 e. The number of para-hydroxylation sites is 4. The second kappa shape index (κ2) is 32.5. The number of unbranched alkanes of at least 4 members (excludes halogenated alkanes) is 18. The summed E-state index contributed by atoms with van der Waals surface area (Å²) in [5, 5.41) is 2.23. The van der Waals surface area contributed by atoms with Gasteiger partial charge < -0.3 is 9.80 Å². The molecule has 90 heavy (non-hydrogen) atoms. The van der Waals surface area contributed by atoms with Crippen molar-refractivity contribution in [3.8, 4) is 60.2 Å². The smallest absolute Gasteiger partial charge is 0.155 e. The van der Waals surface area contributed by atoms with E-state index < -0.39 is 0 Å². The van der Waals surface area contributed by atoms with Crippen molar-refractivity contribution in [1.82, 2.24) is 9.97 Å². The van der Waals surface area contributed by atoms with E-state index in [-0.39, 0.29) is 0 Å². The number of fused-ring (bicyclic) bond motifs is 1. The third-order valence-electron chi connectivity index (χ3n) is 17.2. The van der Waals surface area contributed by atoms with Gasteiger partial charge in [-0.2, -0.15) is 0 Å². The summed E-state index contributed by atoms with van der Waals surface area (Å²) in [6.45, 7) is 4.61. The zero-order valence-corrected chi connectivity index (χ0v) is 57.3. The minimum Gasteiger partial charge on any atom is -0.311 e. The third-order valence-corrected chi connectivity index (χ3v) is 24.5. The predicted octanol–water partition coefficient (Wildman–Crippen LogP) is 27.9. The van der Waals surface area contributed by atoms with E-state index in [0.717, 1.165) is 66.6 Å². The van der Waals surface area contributed by atoms with Crippen LogP contribution in [-0.2, 0) is 12.8 Å². The molecule has 0 amide bonds. The molecule has 0 aliphatic carbocycles. The lowest BCUT2D eigenvalue weighted by molar-refractivity contribution is 0.556. The minimum atomic E-state index is 1.06. The topological polar surface area (TPSA) is 32.3 Å². The van der Waals surface area contributed by atoms with Gasteiger partial charge in [-0.15, -0.1) is 45.3 Å². The van der Waals surface area contributed by atoms with Crippen LogP contribution in [-0.4, -0.2) is 9.97 Å². The average molecular weight is 1290 g/mol. The Balaban J connectivity index is 0.791. The third kappa shape index (κ3) is 16.3. The molecule has 0 unspecified atom stereocenters. The molecule has 4 nitrogen and oxygen atoms in total. The summed E-state index contributed by atoms with van der Waals surface area (Å²) in [6, 6.07) is 75.2. The Labute approximate surface area is 559 Å². The lowest BCUT2D eigenvalue weighted by Crippen LogP contribution is -2.09. The van der Waals surface area contributed by atoms with Crippen molar-refractivity contribution in [3.63, 3.8) is 0 Å². The fourth-order valence-electron chi connectivity index (χ4n) is 12.3. The van der Waals surface area contributed by atoms with Crippen LogP contribution in [0.5, 0.6) is 0 Å². The number of hydrogen-bond donors (Lipinski definition) is 0. The molecular formula is C80H84N4S6. The molecule has 0 spiro atoms. The number of thiophene rings is 4. The first-order valence-electron chi connectivity index (χ1n) is 33.3. The highest BCUT2D eigenvalue weighted by molar-refractivity contribution is 7.33. The monoisotopic (exact) mass is 1290 g/mol. The maximum absolute atomic E-state index is 5.51. The van der Waals surface area contributed by atoms with E-state index in [1.165, 1.54) is 190 Å². The molecule has 12 rings (SSSR count). The first kappa shape index (κ1) is 63.4. The minimum absolute atomic E-state index is 1.06. The fraction of sp³-hybridized carbons (Fsp3) is 0.300. The van der Waals surface area contributed by atoms with E-state index >= 15 is 0 Å². The predicted molar refractivity (Wildman–Crippen MR) is 400 cm³/mol. The number of aryl methyl sites for hydroxylation is 2. The first-order valence-corrected chi connectivity index (χ1v) is 38.2. The number of hydrogen-bond acceptors (Lipinski definition) is 10. The highest BCUT2D eigenvalue weighted by Crippen LogP contribution is 2.49. The lowest BCUT2D eigenvalue weighted by atomic mass is 10.0. The summed E-state index contributed by atoms with van der Waals surface area (Å²) in [6.07, 6.45) is 28.9. The normalized spacial score (nSPS) is 11.5. The van der Waals surface area contributed by atoms with Gasteiger partial charge in [-0.05, 0) is 157 Å². The Hall–Kier alpha value is -6.76. The molecule has 0 bridgehead atoms. The second-order valence-corrected chi connectivity index (χ2v) is 30.1. The molecule has 0 N–H and O–H groups in total. The molecule has 460 valence electrons. The summed E-state index contributed by atoms with van der Waals surface area (Å²) in [4.78, 5) is 28.3. The van der Waals surface area contributed by atoms with Gasteiger partial charge >= 0.3 is 0 Å². The molecule has 0 atom stereocenters. The molecule has 6 heterocycles. The molecule has 0 aliphatic rings. The van der Waals surface area contributed by atoms with Crippen molar-refractivity contribution in [2.45, 2.75) is 155 Å². The molecule has 0 saturated heterocycles. The highest BCUT2D eigenvalue weighted by Gasteiger charge is 2.23. The van der Waals surface area contributed by atoms with E-state index in [1.54, 1.807) is 22.7 Å². The number of benzene rings is 6. The van der Waals surface area contributed by atoms with Crippen molar-refractivity contribution in [1.29, 1.82) is 0 Å². The van der Waals surface area contributed by atoms with Crippen LogP contribution in [0.25, 0.3) is 69.8 Å². The summed E-state index contributed by atoms with van der Waals surface area (Å²) in [5.41, 5.74) is 12.2. The van der Waals surface area contributed by atoms with E-state index in [9.17, 15) is 0 Å². The van der Waals surface area contributed by atoms with E-state index in [4.69, 9.17) is 9.97 Å². The van der Waals surface area contributed by atoms with E-state index in [1.807, 2.05) is 45.3 Å². The molecule has 10 heteroatoms. The molecule has 6 aromatic heterocycles. The van der Waals surface area contributed by atoms with Gasteiger partial charge in [0.05, 0.1) is 9.75 Å². The van der Waals surface area contributed by atoms with Crippen LogP contribution in [0.15, 0.2) is 206 Å². The Kier molecular flexibility index (Phi) is 22.9. The average Bonchev–Trinajstić information content (AvgIpc) is 2.03. The van der Waals surface area contributed by atoms with Crippen LogP contribution in [0, 0.1) is 0 Å². The van der Waals surface area contributed by atoms with Gasteiger partial charge in [0, 0.05) is 63.4 Å². The maximum atomic E-state index is 5.51. The standard InChI is InChI=1S/C80H84N4S6/c1-3-5-7-9-11-13-15-17-19-25-35-61-57-73(71-55-53-69(85-71)59-45-49-67(50-46-59)83(63-37-27-21-28-38-63)64-39-29-22-30-40-64)87-75(61)77-81-79-80(89-77)82-78(90-79)76-62(36-26-20-18-16-14-12-10-8-6-4-2)58-74(88-76)72-56-54-70(86-72)60-47-51-68(52-48-60)84(65-41-31-23-32-42-65)66-43-33-24-34-44-66/h21-24,27-34,37-58H,3-20,25-26,35-36H2,1-2H3. The zero-order chi connectivity index (χ0) is 61.1. The van der Waals surface area contributed by atoms with Gasteiger partial charge in [0.15, 0.2) is 9.66 Å². The van der Waals surface area contributed by atoms with Gasteiger partial charge in [-0.3, -0.25) is 0 Å². The van der Waals surface area contributed by atoms with Gasteiger partial charge in [0.1, 0.15) is 10.0 Å². The fourth-order valence-corrected chi connectivity index (χ4v) is 19.1. The van der Waals surface area contributed by atoms with Gasteiger partial charge in [-0.1, -0.05) is 249 Å². The quantitative estimate of drug-likeness (QED) is 0.0376. The van der Waals surface area contributed by atoms with Gasteiger partial charge in [-0.25, -0.2) is 9.97 Å². The van der Waals surface area contributed by atoms with Crippen molar-refractivity contribution < 1.29 is 0 Å². The number of nitrogens with zero attached hydrogens (tertiary/aromatic N) is 4. The highest BCUT2D eigenvalue weighted by atomic mass is 32.1. The largest absolute Gasteiger partial charge is 0.311 e. The molecule has 0 saturated carbocycles. The van der Waals surface area contributed by atoms with Crippen LogP contribution < -0.4 is 9.80 Å². The molecule has 0 fully saturated rings. The van der Waals surface area contributed by atoms with Crippen LogP contribution in [0.3, 0.4) is 0 Å². The molecule has 6 aromatic carbocycles. The molecule has 0 radical (unpaired) electrons. The van der Waals surface area contributed by atoms with Gasteiger partial charge in [0.2, 0.25) is 0 Å². The lowest BCUT2D eigenvalue weighted by Gasteiger charge is -2.25. The Morgan fingerprint density at radius 3 is 0.878 bits per heavy atom. The summed E-state index contributed by atoms with van der Waals surface area (Å²) >= 11 is 11.2. The SMILES string of the molecule is CCCCCCCCCCCCc1cc(-c2ccc(-c3ccc(N(c4ccccc4)c4ccccc4)cc3)s2)sc1-c1nc2sc(-c3sc(-c4ccc(-c5ccc(N(c6ccccc6)c6ccccc6)cc5)s4)cc3CCCCCCCCCCCC)nc2s1. The Morgan fingerprint density at radius 1 is 0.267 bits per heavy atom. The summed E-state index contributed by atoms with van der Waals surface area (Å²) in [7, 11) is 0. The Bertz CT molecular complexity index is 3690. The molecule has 0 aliphatic heterocycles. The van der Waals surface area contributed by atoms with Crippen LogP contribution in [0.2, 0.25) is 0 Å². The Morgan fingerprint density at radius 2 is 0.556 bits per heavy atom.